The monoisotopic (exact) mass is 413 g/mol. The molecule has 0 amide bonds. The molecule has 1 N–H and O–H groups in total. The average Bonchev–Trinajstić information content (AvgIpc) is 2.60. The number of ether oxygens (including phenoxy) is 3. The number of hydrogen-bond acceptors (Lipinski definition) is 4. The largest absolute Gasteiger partial charge is 0.493 e. The molecule has 1 atom stereocenters. The molecule has 0 spiro atoms. The van der Waals surface area contributed by atoms with Crippen LogP contribution in [0.2, 0.25) is 0 Å². The van der Waals surface area contributed by atoms with Gasteiger partial charge in [0.05, 0.1) is 20.8 Å². The van der Waals surface area contributed by atoms with Crippen LogP contribution in [0.1, 0.15) is 23.6 Å². The van der Waals surface area contributed by atoms with Crippen molar-refractivity contribution in [1.29, 1.82) is 0 Å². The maximum Gasteiger partial charge on any atom is 0.161 e. The van der Waals surface area contributed by atoms with E-state index < -0.39 is 0 Å². The topological polar surface area (TPSA) is 39.7 Å². The van der Waals surface area contributed by atoms with Crippen LogP contribution < -0.4 is 19.5 Å². The van der Waals surface area contributed by atoms with Crippen LogP contribution in [0, 0.1) is 0 Å². The minimum atomic E-state index is 0. The fourth-order valence-corrected chi connectivity index (χ4v) is 3.28. The highest BCUT2D eigenvalue weighted by Gasteiger charge is 2.21. The quantitative estimate of drug-likeness (QED) is 0.782. The van der Waals surface area contributed by atoms with Gasteiger partial charge in [0.2, 0.25) is 0 Å². The van der Waals surface area contributed by atoms with Crippen molar-refractivity contribution in [1.82, 2.24) is 5.32 Å². The smallest absolute Gasteiger partial charge is 0.161 e. The Morgan fingerprint density at radius 2 is 1.88 bits per heavy atom. The summed E-state index contributed by atoms with van der Waals surface area (Å²) >= 11 is 3.61. The Balaban J connectivity index is 0.00000208. The lowest BCUT2D eigenvalue weighted by atomic mass is 10.0. The Bertz CT molecular complexity index is 696. The lowest BCUT2D eigenvalue weighted by Crippen LogP contribution is -2.26. The Morgan fingerprint density at radius 1 is 1.17 bits per heavy atom. The number of hydrogen-bond donors (Lipinski definition) is 1. The van der Waals surface area contributed by atoms with Crippen LogP contribution in [-0.4, -0.2) is 20.8 Å². The highest BCUT2D eigenvalue weighted by atomic mass is 79.9. The van der Waals surface area contributed by atoms with Crippen LogP contribution in [0.15, 0.2) is 40.9 Å². The lowest BCUT2D eigenvalue weighted by molar-refractivity contribution is 0.252. The van der Waals surface area contributed by atoms with Crippen LogP contribution in [0.4, 0.5) is 0 Å². The zero-order chi connectivity index (χ0) is 16.2. The first-order valence-electron chi connectivity index (χ1n) is 7.58. The Kier molecular flexibility index (Phi) is 6.78. The van der Waals surface area contributed by atoms with E-state index in [-0.39, 0.29) is 12.4 Å². The molecule has 0 saturated carbocycles. The van der Waals surface area contributed by atoms with Crippen molar-refractivity contribution < 1.29 is 14.2 Å². The van der Waals surface area contributed by atoms with Gasteiger partial charge in [-0.25, -0.2) is 0 Å². The maximum atomic E-state index is 5.71. The van der Waals surface area contributed by atoms with E-state index in [0.29, 0.717) is 6.04 Å². The average molecular weight is 415 g/mol. The first-order chi connectivity index (χ1) is 11.2. The summed E-state index contributed by atoms with van der Waals surface area (Å²) in [5.41, 5.74) is 2.35. The van der Waals surface area contributed by atoms with Crippen LogP contribution in [0.25, 0.3) is 0 Å². The minimum absolute atomic E-state index is 0. The molecule has 0 aromatic heterocycles. The van der Waals surface area contributed by atoms with Crippen molar-refractivity contribution >= 4 is 28.3 Å². The van der Waals surface area contributed by atoms with Crippen molar-refractivity contribution in [2.45, 2.75) is 19.0 Å². The first kappa shape index (κ1) is 18.9. The normalized spacial score (nSPS) is 15.7. The second kappa shape index (κ2) is 8.60. The summed E-state index contributed by atoms with van der Waals surface area (Å²) < 4.78 is 17.4. The van der Waals surface area contributed by atoms with E-state index in [2.05, 4.69) is 33.4 Å². The second-order valence-electron chi connectivity index (χ2n) is 5.41. The number of para-hydroxylation sites is 1. The summed E-state index contributed by atoms with van der Waals surface area (Å²) in [5.74, 6) is 2.43. The third kappa shape index (κ3) is 3.97. The van der Waals surface area contributed by atoms with E-state index in [1.165, 1.54) is 5.56 Å². The number of halogens is 2. The predicted octanol–water partition coefficient (Wildman–Crippen LogP) is 4.50. The van der Waals surface area contributed by atoms with Gasteiger partial charge in [0.1, 0.15) is 5.75 Å². The van der Waals surface area contributed by atoms with Gasteiger partial charge in [-0.2, -0.15) is 0 Å². The van der Waals surface area contributed by atoms with Crippen molar-refractivity contribution in [3.8, 4) is 17.2 Å². The number of fused-ring (bicyclic) bond motifs is 1. The highest BCUT2D eigenvalue weighted by molar-refractivity contribution is 9.10. The molecule has 130 valence electrons. The summed E-state index contributed by atoms with van der Waals surface area (Å²) in [6, 6.07) is 12.4. The third-order valence-corrected chi connectivity index (χ3v) is 4.79. The molecule has 4 nitrogen and oxygen atoms in total. The second-order valence-corrected chi connectivity index (χ2v) is 6.26. The first-order valence-corrected chi connectivity index (χ1v) is 8.37. The molecule has 1 aliphatic heterocycles. The van der Waals surface area contributed by atoms with Crippen molar-refractivity contribution in [3.63, 3.8) is 0 Å². The van der Waals surface area contributed by atoms with Crippen molar-refractivity contribution in [3.05, 3.63) is 52.0 Å². The lowest BCUT2D eigenvalue weighted by Gasteiger charge is -2.27. The fourth-order valence-electron chi connectivity index (χ4n) is 2.82. The summed E-state index contributed by atoms with van der Waals surface area (Å²) in [6.07, 6.45) is 0.960. The van der Waals surface area contributed by atoms with Gasteiger partial charge in [0.15, 0.2) is 11.5 Å². The molecule has 0 fully saturated rings. The molecule has 0 bridgehead atoms. The van der Waals surface area contributed by atoms with Gasteiger partial charge in [-0.05, 0) is 23.8 Å². The summed E-state index contributed by atoms with van der Waals surface area (Å²) in [7, 11) is 3.29. The van der Waals surface area contributed by atoms with Gasteiger partial charge < -0.3 is 19.5 Å². The van der Waals surface area contributed by atoms with Crippen LogP contribution in [0.5, 0.6) is 17.2 Å². The van der Waals surface area contributed by atoms with Gasteiger partial charge in [-0.15, -0.1) is 12.4 Å². The molecular formula is C18H21BrClNO3. The van der Waals surface area contributed by atoms with E-state index >= 15 is 0 Å². The number of methoxy groups -OCH3 is 2. The molecular weight excluding hydrogens is 394 g/mol. The zero-order valence-electron chi connectivity index (χ0n) is 13.7. The molecule has 0 aliphatic carbocycles. The van der Waals surface area contributed by atoms with E-state index in [9.17, 15) is 0 Å². The van der Waals surface area contributed by atoms with E-state index in [1.54, 1.807) is 14.2 Å². The number of nitrogens with one attached hydrogen (secondary N) is 1. The number of benzene rings is 2. The Morgan fingerprint density at radius 3 is 2.62 bits per heavy atom. The van der Waals surface area contributed by atoms with E-state index in [4.69, 9.17) is 14.2 Å². The van der Waals surface area contributed by atoms with E-state index in [0.717, 1.165) is 46.9 Å². The standard InChI is InChI=1S/C18H20BrNO3.ClH/c1-21-17-9-12(14(19)10-18(17)22-2)11-20-15-7-8-23-16-6-4-3-5-13(15)16;/h3-6,9-10,15,20H,7-8,11H2,1-2H3;1H. The third-order valence-electron chi connectivity index (χ3n) is 4.05. The molecule has 24 heavy (non-hydrogen) atoms. The summed E-state index contributed by atoms with van der Waals surface area (Å²) in [6.45, 7) is 1.47. The molecule has 1 unspecified atom stereocenters. The maximum absolute atomic E-state index is 5.71. The fraction of sp³-hybridized carbons (Fsp3) is 0.333. The van der Waals surface area contributed by atoms with Crippen LogP contribution in [-0.2, 0) is 6.54 Å². The highest BCUT2D eigenvalue weighted by Crippen LogP contribution is 2.35. The minimum Gasteiger partial charge on any atom is -0.493 e. The Labute approximate surface area is 157 Å². The van der Waals surface area contributed by atoms with Gasteiger partial charge in [-0.3, -0.25) is 0 Å². The molecule has 0 radical (unpaired) electrons. The summed E-state index contributed by atoms with van der Waals surface area (Å²) in [5, 5.41) is 3.62. The number of rotatable bonds is 5. The summed E-state index contributed by atoms with van der Waals surface area (Å²) in [4.78, 5) is 0. The molecule has 1 heterocycles. The van der Waals surface area contributed by atoms with Gasteiger partial charge in [0, 0.05) is 29.0 Å². The predicted molar refractivity (Wildman–Crippen MR) is 101 cm³/mol. The van der Waals surface area contributed by atoms with Gasteiger partial charge in [0.25, 0.3) is 0 Å². The molecule has 1 aliphatic rings. The molecule has 0 saturated heterocycles. The SMILES string of the molecule is COc1cc(Br)c(CNC2CCOc3ccccc32)cc1OC.Cl. The van der Waals surface area contributed by atoms with Crippen LogP contribution >= 0.6 is 28.3 Å². The van der Waals surface area contributed by atoms with Crippen molar-refractivity contribution in [2.75, 3.05) is 20.8 Å². The Hall–Kier alpha value is -1.43. The molecule has 2 aromatic rings. The van der Waals surface area contributed by atoms with Crippen LogP contribution in [0.3, 0.4) is 0 Å². The van der Waals surface area contributed by atoms with Gasteiger partial charge in [-0.1, -0.05) is 34.1 Å². The zero-order valence-corrected chi connectivity index (χ0v) is 16.1. The molecule has 3 rings (SSSR count). The van der Waals surface area contributed by atoms with E-state index in [1.807, 2.05) is 24.3 Å². The van der Waals surface area contributed by atoms with Crippen molar-refractivity contribution in [2.24, 2.45) is 0 Å². The van der Waals surface area contributed by atoms with Gasteiger partial charge >= 0.3 is 0 Å². The molecule has 2 aromatic carbocycles. The molecule has 6 heteroatoms.